The van der Waals surface area contributed by atoms with Crippen LogP contribution in [0.15, 0.2) is 18.2 Å². The Morgan fingerprint density at radius 1 is 1.36 bits per heavy atom. The van der Waals surface area contributed by atoms with Crippen LogP contribution < -0.4 is 10.6 Å². The Bertz CT molecular complexity index is 551. The molecule has 1 amide bonds. The summed E-state index contributed by atoms with van der Waals surface area (Å²) in [5, 5.41) is 6.22. The van der Waals surface area contributed by atoms with Crippen molar-refractivity contribution in [3.05, 3.63) is 29.3 Å². The average molecular weight is 408 g/mol. The smallest absolute Gasteiger partial charge is 0.254 e. The number of morpholine rings is 1. The fraction of sp³-hybridized carbons (Fsp3) is 0.588. The molecule has 5 nitrogen and oxygen atoms in total. The molecule has 8 heteroatoms. The van der Waals surface area contributed by atoms with Gasteiger partial charge in [-0.2, -0.15) is 11.8 Å². The van der Waals surface area contributed by atoms with Crippen molar-refractivity contribution in [2.45, 2.75) is 19.6 Å². The molecular formula is C17H27Cl2N3O2S. The Kier molecular flexibility index (Phi) is 10.2. The summed E-state index contributed by atoms with van der Waals surface area (Å²) in [6.45, 7) is 7.23. The van der Waals surface area contributed by atoms with E-state index in [0.29, 0.717) is 13.2 Å². The molecule has 0 aliphatic carbocycles. The Hall–Kier alpha value is -0.500. The summed E-state index contributed by atoms with van der Waals surface area (Å²) in [5.74, 6) is 2.36. The summed E-state index contributed by atoms with van der Waals surface area (Å²) in [4.78, 5) is 14.8. The number of carbonyl (C=O) groups is 1. The van der Waals surface area contributed by atoms with E-state index in [2.05, 4.69) is 33.7 Å². The summed E-state index contributed by atoms with van der Waals surface area (Å²) in [6.07, 6.45) is -0.397. The molecule has 1 atom stereocenters. The van der Waals surface area contributed by atoms with Crippen molar-refractivity contribution >= 4 is 48.2 Å². The van der Waals surface area contributed by atoms with Crippen molar-refractivity contribution < 1.29 is 9.53 Å². The van der Waals surface area contributed by atoms with Crippen LogP contribution >= 0.6 is 36.6 Å². The Morgan fingerprint density at radius 3 is 2.80 bits per heavy atom. The van der Waals surface area contributed by atoms with Gasteiger partial charge in [-0.25, -0.2) is 0 Å². The van der Waals surface area contributed by atoms with Crippen LogP contribution in [0.3, 0.4) is 0 Å². The van der Waals surface area contributed by atoms with Crippen molar-refractivity contribution in [2.24, 2.45) is 0 Å². The van der Waals surface area contributed by atoms with Crippen LogP contribution in [0.5, 0.6) is 0 Å². The molecule has 142 valence electrons. The number of aryl methyl sites for hydroxylation is 1. The number of hydrogen-bond acceptors (Lipinski definition) is 5. The van der Waals surface area contributed by atoms with Gasteiger partial charge in [-0.15, -0.1) is 24.8 Å². The van der Waals surface area contributed by atoms with E-state index in [1.54, 1.807) is 0 Å². The highest BCUT2D eigenvalue weighted by Crippen LogP contribution is 2.20. The molecule has 2 fully saturated rings. The Labute approximate surface area is 166 Å². The van der Waals surface area contributed by atoms with E-state index in [1.165, 1.54) is 17.1 Å². The molecule has 2 N–H and O–H groups in total. The number of hydrogen-bond donors (Lipinski definition) is 2. The molecule has 0 aromatic heterocycles. The number of benzene rings is 1. The number of nitrogens with zero attached hydrogens (tertiary/aromatic N) is 1. The Balaban J connectivity index is 0.00000156. The molecular weight excluding hydrogens is 381 g/mol. The number of nitrogens with one attached hydrogen (secondary N) is 2. The van der Waals surface area contributed by atoms with E-state index in [4.69, 9.17) is 4.74 Å². The van der Waals surface area contributed by atoms with Crippen molar-refractivity contribution in [1.29, 1.82) is 0 Å². The first kappa shape index (κ1) is 22.5. The predicted molar refractivity (Wildman–Crippen MR) is 110 cm³/mol. The number of thioether (sulfide) groups is 1. The zero-order chi connectivity index (χ0) is 16.1. The highest BCUT2D eigenvalue weighted by atomic mass is 35.5. The minimum atomic E-state index is -0.397. The quantitative estimate of drug-likeness (QED) is 0.801. The first-order valence-corrected chi connectivity index (χ1v) is 9.40. The van der Waals surface area contributed by atoms with Crippen molar-refractivity contribution in [3.63, 3.8) is 0 Å². The van der Waals surface area contributed by atoms with Crippen LogP contribution in [0, 0.1) is 6.92 Å². The van der Waals surface area contributed by atoms with Gasteiger partial charge in [0.05, 0.1) is 6.61 Å². The third-order valence-electron chi connectivity index (χ3n) is 4.29. The van der Waals surface area contributed by atoms with Gasteiger partial charge in [0.25, 0.3) is 5.91 Å². The molecule has 25 heavy (non-hydrogen) atoms. The highest BCUT2D eigenvalue weighted by molar-refractivity contribution is 7.99. The van der Waals surface area contributed by atoms with Gasteiger partial charge >= 0.3 is 0 Å². The standard InChI is InChI=1S/C17H25N3O2S.2ClH/c1-13-2-3-14(12-20-5-8-23-9-6-20)10-15(13)19-17(21)16-11-18-4-7-22-16;;/h2-3,10,16,18H,4-9,11-12H2,1H3,(H,19,21);2*1H. The minimum Gasteiger partial charge on any atom is -0.366 e. The number of carbonyl (C=O) groups excluding carboxylic acids is 1. The van der Waals surface area contributed by atoms with Gasteiger partial charge in [0.1, 0.15) is 6.10 Å². The van der Waals surface area contributed by atoms with Gasteiger partial charge in [0.2, 0.25) is 0 Å². The monoisotopic (exact) mass is 407 g/mol. The zero-order valence-electron chi connectivity index (χ0n) is 14.5. The average Bonchev–Trinajstić information content (AvgIpc) is 2.59. The van der Waals surface area contributed by atoms with E-state index in [1.807, 2.05) is 18.7 Å². The van der Waals surface area contributed by atoms with E-state index >= 15 is 0 Å². The lowest BCUT2D eigenvalue weighted by Gasteiger charge is -2.26. The summed E-state index contributed by atoms with van der Waals surface area (Å²) in [5.41, 5.74) is 3.23. The molecule has 1 aromatic rings. The van der Waals surface area contributed by atoms with Crippen molar-refractivity contribution in [2.75, 3.05) is 49.6 Å². The number of anilines is 1. The van der Waals surface area contributed by atoms with Crippen molar-refractivity contribution in [1.82, 2.24) is 10.2 Å². The molecule has 2 saturated heterocycles. The zero-order valence-corrected chi connectivity index (χ0v) is 16.9. The number of rotatable bonds is 4. The van der Waals surface area contributed by atoms with E-state index in [-0.39, 0.29) is 30.7 Å². The van der Waals surface area contributed by atoms with Gasteiger partial charge in [0, 0.05) is 49.9 Å². The maximum Gasteiger partial charge on any atom is 0.254 e. The lowest BCUT2D eigenvalue weighted by Crippen LogP contribution is -2.45. The van der Waals surface area contributed by atoms with E-state index < -0.39 is 6.10 Å². The normalized spacial score (nSPS) is 20.9. The molecule has 2 aliphatic heterocycles. The van der Waals surface area contributed by atoms with Crippen LogP contribution in [-0.2, 0) is 16.1 Å². The summed E-state index contributed by atoms with van der Waals surface area (Å²) < 4.78 is 5.52. The maximum atomic E-state index is 12.3. The van der Waals surface area contributed by atoms with Gasteiger partial charge in [0.15, 0.2) is 0 Å². The lowest BCUT2D eigenvalue weighted by molar-refractivity contribution is -0.128. The second kappa shape index (κ2) is 11.3. The molecule has 0 saturated carbocycles. The van der Waals surface area contributed by atoms with Crippen LogP contribution in [0.2, 0.25) is 0 Å². The molecule has 2 heterocycles. The lowest BCUT2D eigenvalue weighted by atomic mass is 10.1. The largest absolute Gasteiger partial charge is 0.366 e. The third kappa shape index (κ3) is 6.62. The highest BCUT2D eigenvalue weighted by Gasteiger charge is 2.22. The van der Waals surface area contributed by atoms with Crippen LogP contribution in [0.4, 0.5) is 5.69 Å². The van der Waals surface area contributed by atoms with Gasteiger partial charge < -0.3 is 15.4 Å². The van der Waals surface area contributed by atoms with E-state index in [9.17, 15) is 4.79 Å². The molecule has 0 spiro atoms. The fourth-order valence-electron chi connectivity index (χ4n) is 2.87. The molecule has 3 rings (SSSR count). The number of halogens is 2. The molecule has 1 unspecified atom stereocenters. The summed E-state index contributed by atoms with van der Waals surface area (Å²) >= 11 is 2.02. The maximum absolute atomic E-state index is 12.3. The first-order chi connectivity index (χ1) is 11.2. The van der Waals surface area contributed by atoms with Crippen LogP contribution in [0.1, 0.15) is 11.1 Å². The topological polar surface area (TPSA) is 53.6 Å². The molecule has 0 bridgehead atoms. The second-order valence-electron chi connectivity index (χ2n) is 6.09. The van der Waals surface area contributed by atoms with Crippen LogP contribution in [0.25, 0.3) is 0 Å². The number of ether oxygens (including phenoxy) is 1. The second-order valence-corrected chi connectivity index (χ2v) is 7.32. The first-order valence-electron chi connectivity index (χ1n) is 8.25. The van der Waals surface area contributed by atoms with E-state index in [0.717, 1.165) is 37.4 Å². The van der Waals surface area contributed by atoms with Gasteiger partial charge in [-0.05, 0) is 24.1 Å². The minimum absolute atomic E-state index is 0. The molecule has 2 aliphatic rings. The van der Waals surface area contributed by atoms with Gasteiger partial charge in [-0.1, -0.05) is 12.1 Å². The summed E-state index contributed by atoms with van der Waals surface area (Å²) in [6, 6.07) is 6.35. The SMILES string of the molecule is Cc1ccc(CN2CCSCC2)cc1NC(=O)C1CNCCO1.Cl.Cl. The molecule has 1 aromatic carbocycles. The fourth-order valence-corrected chi connectivity index (χ4v) is 3.85. The van der Waals surface area contributed by atoms with Gasteiger partial charge in [-0.3, -0.25) is 9.69 Å². The number of amides is 1. The van der Waals surface area contributed by atoms with Crippen molar-refractivity contribution in [3.8, 4) is 0 Å². The molecule has 0 radical (unpaired) electrons. The predicted octanol–water partition coefficient (Wildman–Crippen LogP) is 2.31. The van der Waals surface area contributed by atoms with Crippen LogP contribution in [-0.4, -0.2) is 61.2 Å². The third-order valence-corrected chi connectivity index (χ3v) is 5.23. The summed E-state index contributed by atoms with van der Waals surface area (Å²) in [7, 11) is 0. The Morgan fingerprint density at radius 2 is 2.12 bits per heavy atom.